The highest BCUT2D eigenvalue weighted by molar-refractivity contribution is 5.71. The summed E-state index contributed by atoms with van der Waals surface area (Å²) in [5.41, 5.74) is 0. The Kier molecular flexibility index (Phi) is 54.3. The van der Waals surface area contributed by atoms with Gasteiger partial charge < -0.3 is 14.2 Å². The second kappa shape index (κ2) is 57.2. The first kappa shape index (κ1) is 65.6. The van der Waals surface area contributed by atoms with Crippen LogP contribution in [0.2, 0.25) is 0 Å². The molecular weight excluding hydrogens is 853 g/mol. The molecule has 0 saturated carbocycles. The Labute approximate surface area is 426 Å². The molecule has 0 heterocycles. The number of allylic oxidation sites excluding steroid dienone is 14. The molecule has 0 radical (unpaired) electrons. The lowest BCUT2D eigenvalue weighted by Crippen LogP contribution is -2.30. The number of carbonyl (C=O) groups excluding carboxylic acids is 3. The third kappa shape index (κ3) is 55.4. The van der Waals surface area contributed by atoms with Gasteiger partial charge in [0.1, 0.15) is 13.2 Å². The van der Waals surface area contributed by atoms with Crippen LogP contribution < -0.4 is 0 Å². The van der Waals surface area contributed by atoms with Crippen LogP contribution in [0.5, 0.6) is 0 Å². The van der Waals surface area contributed by atoms with Crippen molar-refractivity contribution in [3.63, 3.8) is 0 Å². The molecule has 69 heavy (non-hydrogen) atoms. The normalized spacial score (nSPS) is 12.7. The van der Waals surface area contributed by atoms with Crippen LogP contribution in [-0.4, -0.2) is 37.2 Å². The van der Waals surface area contributed by atoms with Gasteiger partial charge in [0, 0.05) is 19.3 Å². The van der Waals surface area contributed by atoms with Gasteiger partial charge in [-0.2, -0.15) is 0 Å². The van der Waals surface area contributed by atoms with Gasteiger partial charge in [-0.15, -0.1) is 0 Å². The first-order valence-corrected chi connectivity index (χ1v) is 29.1. The molecule has 6 nitrogen and oxygen atoms in total. The molecule has 0 aromatic rings. The molecule has 396 valence electrons. The molecule has 0 saturated heterocycles. The standard InChI is InChI=1S/C63H108O6/c1-4-7-10-13-16-19-22-25-27-29-31-33-35-38-41-44-47-50-53-56-62(65)68-59-60(58-67-61(64)55-52-49-46-43-40-37-24-21-18-15-12-9-6-3)69-63(66)57-54-51-48-45-42-39-36-34-32-30-28-26-23-20-17-14-11-8-5-2/h12,15-17,19-21,24-28,31,33,60H,4-11,13-14,18,22-23,29-30,32,34-59H2,1-3H3/b15-12-,19-16-,20-17-,24-21-,27-25-,28-26-,33-31-. The van der Waals surface area contributed by atoms with Gasteiger partial charge >= 0.3 is 17.9 Å². The zero-order valence-electron chi connectivity index (χ0n) is 45.3. The van der Waals surface area contributed by atoms with Crippen molar-refractivity contribution < 1.29 is 28.6 Å². The van der Waals surface area contributed by atoms with Crippen LogP contribution in [0.15, 0.2) is 85.1 Å². The molecule has 0 aliphatic rings. The topological polar surface area (TPSA) is 78.9 Å². The maximum atomic E-state index is 12.9. The lowest BCUT2D eigenvalue weighted by atomic mass is 10.1. The highest BCUT2D eigenvalue weighted by atomic mass is 16.6. The van der Waals surface area contributed by atoms with Crippen LogP contribution in [0.1, 0.15) is 278 Å². The van der Waals surface area contributed by atoms with Crippen LogP contribution in [0.4, 0.5) is 0 Å². The molecule has 0 N–H and O–H groups in total. The molecular formula is C63H108O6. The second-order valence-electron chi connectivity index (χ2n) is 19.2. The maximum Gasteiger partial charge on any atom is 0.306 e. The van der Waals surface area contributed by atoms with E-state index in [1.54, 1.807) is 0 Å². The predicted molar refractivity (Wildman–Crippen MR) is 297 cm³/mol. The average molecular weight is 962 g/mol. The zero-order chi connectivity index (χ0) is 50.0. The van der Waals surface area contributed by atoms with Gasteiger partial charge in [-0.05, 0) is 116 Å². The minimum absolute atomic E-state index is 0.0896. The van der Waals surface area contributed by atoms with Gasteiger partial charge in [-0.25, -0.2) is 0 Å². The quantitative estimate of drug-likeness (QED) is 0.0262. The number of hydrogen-bond donors (Lipinski definition) is 0. The summed E-state index contributed by atoms with van der Waals surface area (Å²) in [6.45, 7) is 6.51. The van der Waals surface area contributed by atoms with Crippen molar-refractivity contribution in [1.29, 1.82) is 0 Å². The van der Waals surface area contributed by atoms with Crippen molar-refractivity contribution in [2.75, 3.05) is 13.2 Å². The summed E-state index contributed by atoms with van der Waals surface area (Å²) in [5, 5.41) is 0. The van der Waals surface area contributed by atoms with Crippen molar-refractivity contribution >= 4 is 17.9 Å². The first-order chi connectivity index (χ1) is 34.0. The van der Waals surface area contributed by atoms with Crippen LogP contribution in [0.3, 0.4) is 0 Å². The fraction of sp³-hybridized carbons (Fsp3) is 0.730. The molecule has 6 heteroatoms. The van der Waals surface area contributed by atoms with Crippen molar-refractivity contribution in [2.24, 2.45) is 0 Å². The molecule has 0 rings (SSSR count). The Morgan fingerprint density at radius 2 is 0.551 bits per heavy atom. The Morgan fingerprint density at radius 1 is 0.290 bits per heavy atom. The van der Waals surface area contributed by atoms with E-state index in [-0.39, 0.29) is 31.1 Å². The van der Waals surface area contributed by atoms with E-state index >= 15 is 0 Å². The Morgan fingerprint density at radius 3 is 0.870 bits per heavy atom. The summed E-state index contributed by atoms with van der Waals surface area (Å²) < 4.78 is 16.9. The van der Waals surface area contributed by atoms with E-state index < -0.39 is 6.10 Å². The van der Waals surface area contributed by atoms with Gasteiger partial charge in [0.05, 0.1) is 0 Å². The number of unbranched alkanes of at least 4 members (excludes halogenated alkanes) is 27. The summed E-state index contributed by atoms with van der Waals surface area (Å²) in [5.74, 6) is -0.914. The minimum Gasteiger partial charge on any atom is -0.462 e. The monoisotopic (exact) mass is 961 g/mol. The highest BCUT2D eigenvalue weighted by Crippen LogP contribution is 2.15. The molecule has 0 spiro atoms. The molecule has 0 aromatic heterocycles. The van der Waals surface area contributed by atoms with E-state index in [4.69, 9.17) is 14.2 Å². The van der Waals surface area contributed by atoms with Crippen LogP contribution in [0, 0.1) is 0 Å². The molecule has 1 atom stereocenters. The van der Waals surface area contributed by atoms with Gasteiger partial charge in [-0.1, -0.05) is 228 Å². The van der Waals surface area contributed by atoms with Crippen LogP contribution >= 0.6 is 0 Å². The summed E-state index contributed by atoms with van der Waals surface area (Å²) in [7, 11) is 0. The van der Waals surface area contributed by atoms with Crippen molar-refractivity contribution in [2.45, 2.75) is 284 Å². The fourth-order valence-electron chi connectivity index (χ4n) is 7.93. The maximum absolute atomic E-state index is 12.9. The number of hydrogen-bond acceptors (Lipinski definition) is 6. The first-order valence-electron chi connectivity index (χ1n) is 29.1. The molecule has 1 unspecified atom stereocenters. The lowest BCUT2D eigenvalue weighted by Gasteiger charge is -2.18. The highest BCUT2D eigenvalue weighted by Gasteiger charge is 2.19. The van der Waals surface area contributed by atoms with E-state index in [1.807, 2.05) is 0 Å². The fourth-order valence-corrected chi connectivity index (χ4v) is 7.93. The zero-order valence-corrected chi connectivity index (χ0v) is 45.3. The molecule has 0 aromatic carbocycles. The van der Waals surface area contributed by atoms with Crippen LogP contribution in [0.25, 0.3) is 0 Å². The van der Waals surface area contributed by atoms with Crippen molar-refractivity contribution in [1.82, 2.24) is 0 Å². The number of ether oxygens (including phenoxy) is 3. The Hall–Kier alpha value is -3.41. The third-order valence-electron chi connectivity index (χ3n) is 12.3. The Bertz CT molecular complexity index is 1330. The van der Waals surface area contributed by atoms with E-state index in [0.29, 0.717) is 19.3 Å². The van der Waals surface area contributed by atoms with E-state index in [2.05, 4.69) is 106 Å². The third-order valence-corrected chi connectivity index (χ3v) is 12.3. The SMILES string of the molecule is CCC/C=C\C/C=C\CCCCCCCC(=O)OCC(COC(=O)CCCCCCCC/C=C\C/C=C\C/C=C\CCCCC)OC(=O)CCCCCCCCCCC/C=C\C/C=C\CCCCC. The smallest absolute Gasteiger partial charge is 0.306 e. The lowest BCUT2D eigenvalue weighted by molar-refractivity contribution is -0.167. The van der Waals surface area contributed by atoms with E-state index in [0.717, 1.165) is 116 Å². The number of esters is 3. The molecule has 0 bridgehead atoms. The van der Waals surface area contributed by atoms with Gasteiger partial charge in [-0.3, -0.25) is 14.4 Å². The van der Waals surface area contributed by atoms with Gasteiger partial charge in [0.25, 0.3) is 0 Å². The average Bonchev–Trinajstić information content (AvgIpc) is 3.35. The molecule has 0 aliphatic heterocycles. The van der Waals surface area contributed by atoms with Gasteiger partial charge in [0.15, 0.2) is 6.10 Å². The van der Waals surface area contributed by atoms with E-state index in [9.17, 15) is 14.4 Å². The molecule has 0 aliphatic carbocycles. The van der Waals surface area contributed by atoms with Gasteiger partial charge in [0.2, 0.25) is 0 Å². The second-order valence-corrected chi connectivity index (χ2v) is 19.2. The predicted octanol–water partition coefficient (Wildman–Crippen LogP) is 19.5. The van der Waals surface area contributed by atoms with Crippen molar-refractivity contribution in [3.8, 4) is 0 Å². The van der Waals surface area contributed by atoms with Crippen LogP contribution in [-0.2, 0) is 28.6 Å². The Balaban J connectivity index is 4.41. The summed E-state index contributed by atoms with van der Waals surface area (Å²) in [6, 6.07) is 0. The summed E-state index contributed by atoms with van der Waals surface area (Å²) in [6.07, 6.45) is 74.2. The summed E-state index contributed by atoms with van der Waals surface area (Å²) >= 11 is 0. The number of carbonyl (C=O) groups is 3. The summed E-state index contributed by atoms with van der Waals surface area (Å²) in [4.78, 5) is 38.2. The number of rotatable bonds is 52. The van der Waals surface area contributed by atoms with Crippen molar-refractivity contribution in [3.05, 3.63) is 85.1 Å². The molecule has 0 fully saturated rings. The van der Waals surface area contributed by atoms with E-state index in [1.165, 1.54) is 122 Å². The molecule has 0 amide bonds. The minimum atomic E-state index is -0.791. The largest absolute Gasteiger partial charge is 0.462 e.